The predicted octanol–water partition coefficient (Wildman–Crippen LogP) is 4.84. The minimum Gasteiger partial charge on any atom is -0.411 e. The van der Waals surface area contributed by atoms with E-state index in [-0.39, 0.29) is 22.6 Å². The molecule has 0 spiro atoms. The summed E-state index contributed by atoms with van der Waals surface area (Å²) in [5.41, 5.74) is 1.55. The molecule has 0 saturated heterocycles. The number of thioether (sulfide) groups is 1. The van der Waals surface area contributed by atoms with Gasteiger partial charge in [-0.15, -0.1) is 10.2 Å². The smallest absolute Gasteiger partial charge is 0.277 e. The molecular weight excluding hydrogens is 404 g/mol. The molecule has 0 atom stereocenters. The zero-order chi connectivity index (χ0) is 21.1. The second-order valence-electron chi connectivity index (χ2n) is 6.48. The molecule has 4 rings (SSSR count). The van der Waals surface area contributed by atoms with Crippen LogP contribution in [0.15, 0.2) is 70.3 Å². The van der Waals surface area contributed by atoms with Gasteiger partial charge in [-0.3, -0.25) is 14.9 Å². The molecule has 0 aliphatic carbocycles. The van der Waals surface area contributed by atoms with E-state index in [0.717, 1.165) is 28.1 Å². The summed E-state index contributed by atoms with van der Waals surface area (Å²) in [5, 5.41) is 24.2. The Labute approximate surface area is 175 Å². The third-order valence-corrected chi connectivity index (χ3v) is 5.32. The van der Waals surface area contributed by atoms with Crippen LogP contribution in [0.4, 0.5) is 11.4 Å². The highest BCUT2D eigenvalue weighted by molar-refractivity contribution is 7.99. The van der Waals surface area contributed by atoms with Crippen molar-refractivity contribution >= 4 is 39.8 Å². The maximum atomic E-state index is 12.3. The van der Waals surface area contributed by atoms with Crippen molar-refractivity contribution in [2.24, 2.45) is 0 Å². The first-order valence-electron chi connectivity index (χ1n) is 9.00. The van der Waals surface area contributed by atoms with Crippen molar-refractivity contribution in [3.8, 4) is 11.5 Å². The molecule has 0 fully saturated rings. The van der Waals surface area contributed by atoms with Gasteiger partial charge in [0, 0.05) is 11.6 Å². The van der Waals surface area contributed by atoms with Gasteiger partial charge in [0.1, 0.15) is 0 Å². The fraction of sp³-hybridized carbons (Fsp3) is 0.0952. The van der Waals surface area contributed by atoms with Crippen LogP contribution < -0.4 is 5.32 Å². The molecule has 1 N–H and O–H groups in total. The first kappa shape index (κ1) is 19.6. The van der Waals surface area contributed by atoms with Crippen molar-refractivity contribution in [2.75, 3.05) is 11.1 Å². The number of hydrogen-bond acceptors (Lipinski definition) is 7. The number of nitrogens with one attached hydrogen (secondary N) is 1. The Bertz CT molecular complexity index is 1250. The summed E-state index contributed by atoms with van der Waals surface area (Å²) in [6.07, 6.45) is 0. The Hall–Kier alpha value is -3.72. The van der Waals surface area contributed by atoms with Gasteiger partial charge in [-0.1, -0.05) is 48.2 Å². The van der Waals surface area contributed by atoms with Gasteiger partial charge in [0.15, 0.2) is 0 Å². The molecule has 0 radical (unpaired) electrons. The number of fused-ring (bicyclic) bond motifs is 1. The molecule has 30 heavy (non-hydrogen) atoms. The van der Waals surface area contributed by atoms with Crippen LogP contribution in [0.25, 0.3) is 22.2 Å². The Kier molecular flexibility index (Phi) is 5.44. The molecule has 1 aromatic heterocycles. The fourth-order valence-corrected chi connectivity index (χ4v) is 3.54. The molecule has 0 saturated carbocycles. The maximum absolute atomic E-state index is 12.3. The predicted molar refractivity (Wildman–Crippen MR) is 114 cm³/mol. The van der Waals surface area contributed by atoms with Crippen LogP contribution in [0.1, 0.15) is 5.56 Å². The lowest BCUT2D eigenvalue weighted by Gasteiger charge is -2.07. The van der Waals surface area contributed by atoms with Gasteiger partial charge < -0.3 is 9.73 Å². The number of hydrogen-bond donors (Lipinski definition) is 1. The largest absolute Gasteiger partial charge is 0.411 e. The molecule has 9 heteroatoms. The van der Waals surface area contributed by atoms with Crippen molar-refractivity contribution in [1.82, 2.24) is 10.2 Å². The molecule has 1 amide bonds. The Morgan fingerprint density at radius 1 is 1.10 bits per heavy atom. The van der Waals surface area contributed by atoms with Crippen LogP contribution in [-0.4, -0.2) is 26.8 Å². The highest BCUT2D eigenvalue weighted by Gasteiger charge is 2.16. The molecule has 8 nitrogen and oxygen atoms in total. The van der Waals surface area contributed by atoms with Crippen LogP contribution in [-0.2, 0) is 4.79 Å². The minimum absolute atomic E-state index is 0.0293. The van der Waals surface area contributed by atoms with E-state index in [1.165, 1.54) is 12.1 Å². The Balaban J connectivity index is 1.41. The number of benzene rings is 3. The van der Waals surface area contributed by atoms with E-state index in [0.29, 0.717) is 17.1 Å². The van der Waals surface area contributed by atoms with E-state index >= 15 is 0 Å². The lowest BCUT2D eigenvalue weighted by atomic mass is 10.1. The SMILES string of the molecule is Cc1c(NC(=O)CSc2nnc(-c3ccc4ccccc4c3)o2)cccc1[N+](=O)[O-]. The van der Waals surface area contributed by atoms with Crippen molar-refractivity contribution in [3.05, 3.63) is 76.3 Å². The van der Waals surface area contributed by atoms with Gasteiger partial charge in [-0.25, -0.2) is 0 Å². The summed E-state index contributed by atoms with van der Waals surface area (Å²) in [5.74, 6) is 0.0776. The van der Waals surface area contributed by atoms with Crippen molar-refractivity contribution < 1.29 is 14.1 Å². The number of anilines is 1. The summed E-state index contributed by atoms with van der Waals surface area (Å²) < 4.78 is 5.66. The van der Waals surface area contributed by atoms with Crippen LogP contribution in [0.2, 0.25) is 0 Å². The third kappa shape index (κ3) is 4.15. The zero-order valence-electron chi connectivity index (χ0n) is 15.9. The highest BCUT2D eigenvalue weighted by Crippen LogP contribution is 2.27. The van der Waals surface area contributed by atoms with Gasteiger partial charge in [-0.05, 0) is 35.9 Å². The second kappa shape index (κ2) is 8.34. The fourth-order valence-electron chi connectivity index (χ4n) is 2.98. The number of carbonyl (C=O) groups is 1. The average molecular weight is 420 g/mol. The quantitative estimate of drug-likeness (QED) is 0.270. The van der Waals surface area contributed by atoms with Crippen molar-refractivity contribution in [1.29, 1.82) is 0 Å². The van der Waals surface area contributed by atoms with Crippen LogP contribution in [0.3, 0.4) is 0 Å². The topological polar surface area (TPSA) is 111 Å². The number of rotatable bonds is 6. The van der Waals surface area contributed by atoms with Crippen molar-refractivity contribution in [2.45, 2.75) is 12.1 Å². The van der Waals surface area contributed by atoms with E-state index in [1.54, 1.807) is 13.0 Å². The molecule has 0 aliphatic rings. The number of nitrogens with zero attached hydrogens (tertiary/aromatic N) is 3. The summed E-state index contributed by atoms with van der Waals surface area (Å²) >= 11 is 1.10. The molecule has 0 aliphatic heterocycles. The summed E-state index contributed by atoms with van der Waals surface area (Å²) in [6, 6.07) is 18.4. The monoisotopic (exact) mass is 420 g/mol. The van der Waals surface area contributed by atoms with E-state index in [9.17, 15) is 14.9 Å². The van der Waals surface area contributed by atoms with E-state index in [2.05, 4.69) is 15.5 Å². The van der Waals surface area contributed by atoms with Crippen LogP contribution in [0, 0.1) is 17.0 Å². The first-order valence-corrected chi connectivity index (χ1v) is 9.99. The molecule has 0 bridgehead atoms. The zero-order valence-corrected chi connectivity index (χ0v) is 16.7. The van der Waals surface area contributed by atoms with E-state index < -0.39 is 4.92 Å². The highest BCUT2D eigenvalue weighted by atomic mass is 32.2. The Morgan fingerprint density at radius 3 is 2.70 bits per heavy atom. The standard InChI is InChI=1S/C21H16N4O4S/c1-13-17(7-4-8-18(13)25(27)28)22-19(26)12-30-21-24-23-20(29-21)16-10-9-14-5-2-3-6-15(14)11-16/h2-11H,12H2,1H3,(H,22,26). The number of nitro groups is 1. The lowest BCUT2D eigenvalue weighted by molar-refractivity contribution is -0.385. The molecule has 3 aromatic carbocycles. The normalized spacial score (nSPS) is 10.8. The molecule has 150 valence electrons. The summed E-state index contributed by atoms with van der Waals surface area (Å²) in [7, 11) is 0. The summed E-state index contributed by atoms with van der Waals surface area (Å²) in [4.78, 5) is 22.8. The van der Waals surface area contributed by atoms with Gasteiger partial charge in [0.05, 0.1) is 21.9 Å². The van der Waals surface area contributed by atoms with Gasteiger partial charge in [0.2, 0.25) is 11.8 Å². The minimum atomic E-state index is -0.480. The third-order valence-electron chi connectivity index (χ3n) is 4.51. The lowest BCUT2D eigenvalue weighted by Crippen LogP contribution is -2.15. The van der Waals surface area contributed by atoms with E-state index in [1.807, 2.05) is 42.5 Å². The first-order chi connectivity index (χ1) is 14.5. The number of carbonyl (C=O) groups excluding carboxylic acids is 1. The maximum Gasteiger partial charge on any atom is 0.277 e. The number of nitro benzene ring substituents is 1. The molecule has 0 unspecified atom stereocenters. The van der Waals surface area contributed by atoms with Crippen LogP contribution >= 0.6 is 11.8 Å². The molecular formula is C21H16N4O4S. The van der Waals surface area contributed by atoms with Gasteiger partial charge in [-0.2, -0.15) is 0 Å². The number of aromatic nitrogens is 2. The molecule has 4 aromatic rings. The Morgan fingerprint density at radius 2 is 1.90 bits per heavy atom. The van der Waals surface area contributed by atoms with Gasteiger partial charge in [0.25, 0.3) is 10.9 Å². The van der Waals surface area contributed by atoms with Crippen molar-refractivity contribution in [3.63, 3.8) is 0 Å². The molecule has 1 heterocycles. The van der Waals surface area contributed by atoms with Gasteiger partial charge >= 0.3 is 0 Å². The second-order valence-corrected chi connectivity index (χ2v) is 7.41. The van der Waals surface area contributed by atoms with Crippen LogP contribution in [0.5, 0.6) is 0 Å². The summed E-state index contributed by atoms with van der Waals surface area (Å²) in [6.45, 7) is 1.59. The number of amides is 1. The average Bonchev–Trinajstić information content (AvgIpc) is 3.22. The van der Waals surface area contributed by atoms with E-state index in [4.69, 9.17) is 4.42 Å².